The van der Waals surface area contributed by atoms with Crippen molar-refractivity contribution in [1.82, 2.24) is 5.16 Å². The largest absolute Gasteiger partial charge is 0.497 e. The highest BCUT2D eigenvalue weighted by Crippen LogP contribution is 2.34. The molecule has 0 radical (unpaired) electrons. The Balaban J connectivity index is 1.83. The van der Waals surface area contributed by atoms with Crippen LogP contribution in [0.5, 0.6) is 5.75 Å². The zero-order chi connectivity index (χ0) is 18.7. The van der Waals surface area contributed by atoms with Gasteiger partial charge >= 0.3 is 6.18 Å². The van der Waals surface area contributed by atoms with Crippen molar-refractivity contribution in [3.63, 3.8) is 0 Å². The number of anilines is 1. The summed E-state index contributed by atoms with van der Waals surface area (Å²) in [5, 5.41) is 5.84. The van der Waals surface area contributed by atoms with Crippen LogP contribution in [-0.2, 0) is 6.18 Å². The number of halogens is 3. The number of rotatable bonds is 4. The van der Waals surface area contributed by atoms with Crippen LogP contribution in [0, 0.1) is 0 Å². The zero-order valence-electron chi connectivity index (χ0n) is 13.5. The van der Waals surface area contributed by atoms with Gasteiger partial charge in [-0.25, -0.2) is 0 Å². The van der Waals surface area contributed by atoms with Crippen molar-refractivity contribution >= 4 is 11.6 Å². The first-order chi connectivity index (χ1) is 12.4. The van der Waals surface area contributed by atoms with Crippen LogP contribution in [-0.4, -0.2) is 18.2 Å². The fourth-order valence-electron chi connectivity index (χ4n) is 2.32. The Morgan fingerprint density at radius 3 is 2.62 bits per heavy atom. The second-order valence-corrected chi connectivity index (χ2v) is 5.31. The van der Waals surface area contributed by atoms with Crippen molar-refractivity contribution in [3.8, 4) is 17.1 Å². The molecule has 134 valence electrons. The number of nitrogens with zero attached hydrogens (tertiary/aromatic N) is 1. The van der Waals surface area contributed by atoms with Crippen molar-refractivity contribution in [1.29, 1.82) is 0 Å². The van der Waals surface area contributed by atoms with Crippen molar-refractivity contribution in [3.05, 3.63) is 65.9 Å². The van der Waals surface area contributed by atoms with Crippen LogP contribution in [0.3, 0.4) is 0 Å². The lowest BCUT2D eigenvalue weighted by atomic mass is 10.1. The Bertz CT molecular complexity index is 935. The van der Waals surface area contributed by atoms with Crippen molar-refractivity contribution in [2.24, 2.45) is 0 Å². The first kappa shape index (κ1) is 17.5. The molecule has 2 aromatic carbocycles. The molecule has 1 amide bonds. The van der Waals surface area contributed by atoms with Crippen LogP contribution in [0.2, 0.25) is 0 Å². The molecule has 0 aliphatic carbocycles. The quantitative estimate of drug-likeness (QED) is 0.735. The van der Waals surface area contributed by atoms with Gasteiger partial charge in [0.05, 0.1) is 18.4 Å². The van der Waals surface area contributed by atoms with E-state index in [2.05, 4.69) is 10.5 Å². The predicted molar refractivity (Wildman–Crippen MR) is 87.9 cm³/mol. The van der Waals surface area contributed by atoms with Gasteiger partial charge in [-0.05, 0) is 24.3 Å². The standard InChI is InChI=1S/C18H13F3N2O3/c1-25-12-6-4-5-11(9-12)16-10-15(23-26-16)17(24)22-14-8-3-2-7-13(14)18(19,20)21/h2-10H,1H3,(H,22,24). The molecule has 0 atom stereocenters. The van der Waals surface area contributed by atoms with E-state index in [4.69, 9.17) is 9.26 Å². The van der Waals surface area contributed by atoms with Gasteiger partial charge in [0.1, 0.15) is 5.75 Å². The number of aromatic nitrogens is 1. The molecule has 3 rings (SSSR count). The average molecular weight is 362 g/mol. The summed E-state index contributed by atoms with van der Waals surface area (Å²) in [5.41, 5.74) is -0.813. The van der Waals surface area contributed by atoms with Crippen molar-refractivity contribution < 1.29 is 27.2 Å². The smallest absolute Gasteiger partial charge is 0.418 e. The number of methoxy groups -OCH3 is 1. The lowest BCUT2D eigenvalue weighted by Gasteiger charge is -2.12. The molecule has 1 N–H and O–H groups in total. The molecule has 0 bridgehead atoms. The van der Waals surface area contributed by atoms with Gasteiger partial charge in [-0.1, -0.05) is 29.4 Å². The maximum absolute atomic E-state index is 13.0. The number of para-hydroxylation sites is 1. The van der Waals surface area contributed by atoms with E-state index in [9.17, 15) is 18.0 Å². The molecular weight excluding hydrogens is 349 g/mol. The SMILES string of the molecule is COc1cccc(-c2cc(C(=O)Nc3ccccc3C(F)(F)F)no2)c1. The summed E-state index contributed by atoms with van der Waals surface area (Å²) in [4.78, 5) is 12.2. The third-order valence-corrected chi connectivity index (χ3v) is 3.58. The summed E-state index contributed by atoms with van der Waals surface area (Å²) in [6, 6.07) is 12.9. The zero-order valence-corrected chi connectivity index (χ0v) is 13.5. The number of hydrogen-bond donors (Lipinski definition) is 1. The van der Waals surface area contributed by atoms with Gasteiger partial charge in [0.15, 0.2) is 11.5 Å². The number of amides is 1. The highest BCUT2D eigenvalue weighted by atomic mass is 19.4. The molecule has 0 aliphatic heterocycles. The van der Waals surface area contributed by atoms with Crippen LogP contribution in [0.1, 0.15) is 16.1 Å². The molecule has 0 fully saturated rings. The minimum Gasteiger partial charge on any atom is -0.497 e. The van der Waals surface area contributed by atoms with E-state index >= 15 is 0 Å². The van der Waals surface area contributed by atoms with Gasteiger partial charge in [-0.15, -0.1) is 0 Å². The normalized spacial score (nSPS) is 11.2. The van der Waals surface area contributed by atoms with Crippen LogP contribution in [0.4, 0.5) is 18.9 Å². The summed E-state index contributed by atoms with van der Waals surface area (Å²) < 4.78 is 49.2. The van der Waals surface area contributed by atoms with Crippen molar-refractivity contribution in [2.75, 3.05) is 12.4 Å². The fourth-order valence-corrected chi connectivity index (χ4v) is 2.32. The second-order valence-electron chi connectivity index (χ2n) is 5.31. The summed E-state index contributed by atoms with van der Waals surface area (Å²) in [6.45, 7) is 0. The Kier molecular flexibility index (Phi) is 4.66. The molecule has 1 heterocycles. The number of benzene rings is 2. The van der Waals surface area contributed by atoms with Gasteiger partial charge < -0.3 is 14.6 Å². The number of nitrogens with one attached hydrogen (secondary N) is 1. The van der Waals surface area contributed by atoms with Crippen molar-refractivity contribution in [2.45, 2.75) is 6.18 Å². The van der Waals surface area contributed by atoms with E-state index in [1.807, 2.05) is 0 Å². The third kappa shape index (κ3) is 3.69. The topological polar surface area (TPSA) is 64.4 Å². The Hall–Kier alpha value is -3.29. The molecule has 8 heteroatoms. The van der Waals surface area contributed by atoms with Gasteiger partial charge in [-0.2, -0.15) is 13.2 Å². The van der Waals surface area contributed by atoms with Crippen LogP contribution < -0.4 is 10.1 Å². The third-order valence-electron chi connectivity index (χ3n) is 3.58. The molecule has 0 spiro atoms. The Morgan fingerprint density at radius 2 is 1.88 bits per heavy atom. The van der Waals surface area contributed by atoms with Gasteiger partial charge in [0.25, 0.3) is 5.91 Å². The first-order valence-electron chi connectivity index (χ1n) is 7.47. The summed E-state index contributed by atoms with van der Waals surface area (Å²) in [7, 11) is 1.51. The van der Waals surface area contributed by atoms with Crippen LogP contribution in [0.25, 0.3) is 11.3 Å². The lowest BCUT2D eigenvalue weighted by Crippen LogP contribution is -2.16. The summed E-state index contributed by atoms with van der Waals surface area (Å²) in [5.74, 6) is 0.0711. The minimum atomic E-state index is -4.58. The molecular formula is C18H13F3N2O3. The number of alkyl halides is 3. The average Bonchev–Trinajstić information content (AvgIpc) is 3.11. The van der Waals surface area contributed by atoms with Gasteiger partial charge in [0.2, 0.25) is 0 Å². The summed E-state index contributed by atoms with van der Waals surface area (Å²) in [6.07, 6.45) is -4.58. The molecule has 0 saturated carbocycles. The van der Waals surface area contributed by atoms with E-state index in [1.165, 1.54) is 31.4 Å². The molecule has 1 aromatic heterocycles. The maximum Gasteiger partial charge on any atom is 0.418 e. The van der Waals surface area contributed by atoms with E-state index in [-0.39, 0.29) is 17.1 Å². The monoisotopic (exact) mass is 362 g/mol. The number of carbonyl (C=O) groups excluding carboxylic acids is 1. The second kappa shape index (κ2) is 6.91. The van der Waals surface area contributed by atoms with Gasteiger partial charge in [-0.3, -0.25) is 4.79 Å². The molecule has 3 aromatic rings. The van der Waals surface area contributed by atoms with E-state index in [0.29, 0.717) is 11.3 Å². The molecule has 0 saturated heterocycles. The summed E-state index contributed by atoms with van der Waals surface area (Å²) >= 11 is 0. The van der Waals surface area contributed by atoms with Gasteiger partial charge in [0, 0.05) is 11.6 Å². The minimum absolute atomic E-state index is 0.139. The number of carbonyl (C=O) groups is 1. The van der Waals surface area contributed by atoms with E-state index < -0.39 is 17.6 Å². The maximum atomic E-state index is 13.0. The Morgan fingerprint density at radius 1 is 1.12 bits per heavy atom. The Labute approximate surface area is 146 Å². The highest BCUT2D eigenvalue weighted by molar-refractivity contribution is 6.03. The van der Waals surface area contributed by atoms with E-state index in [0.717, 1.165) is 6.07 Å². The molecule has 0 unspecified atom stereocenters. The van der Waals surface area contributed by atoms with Crippen LogP contribution in [0.15, 0.2) is 59.1 Å². The molecule has 0 aliphatic rings. The predicted octanol–water partition coefficient (Wildman–Crippen LogP) is 4.62. The fraction of sp³-hybridized carbons (Fsp3) is 0.111. The van der Waals surface area contributed by atoms with E-state index in [1.54, 1.807) is 24.3 Å². The molecule has 5 nitrogen and oxygen atoms in total. The molecule has 26 heavy (non-hydrogen) atoms. The van der Waals surface area contributed by atoms with Crippen LogP contribution >= 0.6 is 0 Å². The number of hydrogen-bond acceptors (Lipinski definition) is 4. The number of ether oxygens (including phenoxy) is 1. The first-order valence-corrected chi connectivity index (χ1v) is 7.47. The highest BCUT2D eigenvalue weighted by Gasteiger charge is 2.33. The lowest BCUT2D eigenvalue weighted by molar-refractivity contribution is -0.136.